The number of rotatable bonds is 5. The van der Waals surface area contributed by atoms with Crippen molar-refractivity contribution >= 4 is 28.6 Å². The van der Waals surface area contributed by atoms with Crippen molar-refractivity contribution in [3.05, 3.63) is 47.5 Å². The van der Waals surface area contributed by atoms with Gasteiger partial charge >= 0.3 is 0 Å². The summed E-state index contributed by atoms with van der Waals surface area (Å²) in [6.45, 7) is 4.75. The van der Waals surface area contributed by atoms with Crippen LogP contribution in [0.25, 0.3) is 16.8 Å². The van der Waals surface area contributed by atoms with E-state index in [0.29, 0.717) is 6.61 Å². The molecule has 0 aliphatic carbocycles. The number of hydrogen-bond acceptors (Lipinski definition) is 5. The smallest absolute Gasteiger partial charge is 0.231 e. The highest BCUT2D eigenvalue weighted by Crippen LogP contribution is 2.37. The summed E-state index contributed by atoms with van der Waals surface area (Å²) in [6.07, 6.45) is 1.16. The van der Waals surface area contributed by atoms with Crippen LogP contribution in [0.3, 0.4) is 0 Å². The third kappa shape index (κ3) is 2.82. The molecule has 5 rings (SSSR count). The van der Waals surface area contributed by atoms with Gasteiger partial charge in [-0.05, 0) is 38.1 Å². The Morgan fingerprint density at radius 1 is 1.33 bits per heavy atom. The van der Waals surface area contributed by atoms with Gasteiger partial charge in [-0.2, -0.15) is 0 Å². The molecule has 1 aliphatic rings. The molecule has 6 nitrogen and oxygen atoms in total. The Kier molecular flexibility index (Phi) is 3.97. The van der Waals surface area contributed by atoms with E-state index >= 15 is 0 Å². The lowest BCUT2D eigenvalue weighted by atomic mass is 10.1. The fourth-order valence-corrected chi connectivity index (χ4v) is 4.50. The average molecular weight is 380 g/mol. The lowest BCUT2D eigenvalue weighted by molar-refractivity contribution is 0.254. The topological polar surface area (TPSA) is 64.4 Å². The van der Waals surface area contributed by atoms with E-state index in [9.17, 15) is 0 Å². The second-order valence-corrected chi connectivity index (χ2v) is 7.63. The summed E-state index contributed by atoms with van der Waals surface area (Å²) in [4.78, 5) is 4.58. The number of fused-ring (bicyclic) bond motifs is 4. The summed E-state index contributed by atoms with van der Waals surface area (Å²) in [7, 11) is 0. The van der Waals surface area contributed by atoms with E-state index in [1.54, 1.807) is 11.8 Å². The van der Waals surface area contributed by atoms with Crippen LogP contribution in [0.5, 0.6) is 11.5 Å². The zero-order chi connectivity index (χ0) is 18.4. The van der Waals surface area contributed by atoms with Crippen LogP contribution in [0.1, 0.15) is 25.0 Å². The molecule has 1 aliphatic heterocycles. The Morgan fingerprint density at radius 2 is 2.22 bits per heavy atom. The first-order valence-corrected chi connectivity index (χ1v) is 10.1. The van der Waals surface area contributed by atoms with Crippen LogP contribution < -0.4 is 9.47 Å². The first-order valence-electron chi connectivity index (χ1n) is 9.12. The lowest BCUT2D eigenvalue weighted by Gasteiger charge is -2.12. The van der Waals surface area contributed by atoms with Gasteiger partial charge in [0.1, 0.15) is 17.6 Å². The Balaban J connectivity index is 1.48. The highest BCUT2D eigenvalue weighted by atomic mass is 32.2. The van der Waals surface area contributed by atoms with Crippen LogP contribution in [0.2, 0.25) is 0 Å². The number of nitrogens with zero attached hydrogens (tertiary/aromatic N) is 3. The molecule has 4 aromatic rings. The van der Waals surface area contributed by atoms with Gasteiger partial charge in [-0.15, -0.1) is 5.10 Å². The Hall–Kier alpha value is -2.67. The third-order valence-corrected chi connectivity index (χ3v) is 5.73. The summed E-state index contributed by atoms with van der Waals surface area (Å²) in [5.41, 5.74) is 4.36. The number of aromatic nitrogens is 4. The molecule has 1 atom stereocenters. The van der Waals surface area contributed by atoms with E-state index in [0.717, 1.165) is 51.2 Å². The molecule has 0 bridgehead atoms. The van der Waals surface area contributed by atoms with Crippen LogP contribution in [-0.4, -0.2) is 32.3 Å². The van der Waals surface area contributed by atoms with E-state index in [-0.39, 0.29) is 6.10 Å². The molecule has 0 unspecified atom stereocenters. The maximum absolute atomic E-state index is 5.93. The van der Waals surface area contributed by atoms with Gasteiger partial charge in [0.05, 0.1) is 17.6 Å². The first-order chi connectivity index (χ1) is 13.2. The molecule has 0 spiro atoms. The molecule has 138 valence electrons. The molecular formula is C20H20N4O2S. The molecule has 0 amide bonds. The number of H-pyrrole nitrogens is 1. The maximum Gasteiger partial charge on any atom is 0.231 e. The Morgan fingerprint density at radius 3 is 3.11 bits per heavy atom. The normalized spacial score (nSPS) is 16.0. The zero-order valence-corrected chi connectivity index (χ0v) is 16.0. The monoisotopic (exact) mass is 380 g/mol. The summed E-state index contributed by atoms with van der Waals surface area (Å²) < 4.78 is 13.9. The summed E-state index contributed by atoms with van der Waals surface area (Å²) >= 11 is 1.66. The largest absolute Gasteiger partial charge is 0.494 e. The number of aromatic amines is 1. The number of hydrogen-bond donors (Lipinski definition) is 1. The van der Waals surface area contributed by atoms with Gasteiger partial charge in [-0.25, -0.2) is 10.1 Å². The highest BCUT2D eigenvalue weighted by Gasteiger charge is 2.22. The lowest BCUT2D eigenvalue weighted by Crippen LogP contribution is -2.05. The van der Waals surface area contributed by atoms with Crippen molar-refractivity contribution in [2.24, 2.45) is 0 Å². The Labute approximate surface area is 160 Å². The minimum absolute atomic E-state index is 0.223. The second kappa shape index (κ2) is 6.49. The molecule has 2 aromatic carbocycles. The molecule has 1 N–H and O–H groups in total. The summed E-state index contributed by atoms with van der Waals surface area (Å²) in [5.74, 6) is 3.41. The first kappa shape index (κ1) is 16.5. The second-order valence-electron chi connectivity index (χ2n) is 6.69. The minimum atomic E-state index is 0.223. The molecular weight excluding hydrogens is 360 g/mol. The van der Waals surface area contributed by atoms with Gasteiger partial charge in [0.25, 0.3) is 0 Å². The van der Waals surface area contributed by atoms with Gasteiger partial charge in [0.15, 0.2) is 5.16 Å². The number of nitrogens with one attached hydrogen (secondary N) is 1. The number of thioether (sulfide) groups is 1. The highest BCUT2D eigenvalue weighted by molar-refractivity contribution is 7.98. The van der Waals surface area contributed by atoms with Crippen molar-refractivity contribution in [1.29, 1.82) is 0 Å². The molecule has 2 aromatic heterocycles. The van der Waals surface area contributed by atoms with Crippen LogP contribution in [0, 0.1) is 0 Å². The summed E-state index contributed by atoms with van der Waals surface area (Å²) in [5, 5.41) is 8.36. The van der Waals surface area contributed by atoms with Gasteiger partial charge in [0, 0.05) is 23.3 Å². The minimum Gasteiger partial charge on any atom is -0.494 e. The molecule has 0 saturated heterocycles. The Bertz CT molecular complexity index is 1130. The fraction of sp³-hybridized carbons (Fsp3) is 0.300. The van der Waals surface area contributed by atoms with Crippen molar-refractivity contribution in [2.45, 2.75) is 37.3 Å². The van der Waals surface area contributed by atoms with Gasteiger partial charge < -0.3 is 9.47 Å². The SMILES string of the molecule is CCOc1cc2c(cc1CSc1n[nH]c3nc4ccccc4n13)O[C@@H](C)C2. The molecule has 0 fully saturated rings. The van der Waals surface area contributed by atoms with Gasteiger partial charge in [-0.3, -0.25) is 4.40 Å². The molecule has 3 heterocycles. The van der Waals surface area contributed by atoms with E-state index < -0.39 is 0 Å². The van der Waals surface area contributed by atoms with Crippen LogP contribution in [-0.2, 0) is 12.2 Å². The van der Waals surface area contributed by atoms with Crippen molar-refractivity contribution in [2.75, 3.05) is 6.61 Å². The molecule has 7 heteroatoms. The van der Waals surface area contributed by atoms with Gasteiger partial charge in [0.2, 0.25) is 5.78 Å². The van der Waals surface area contributed by atoms with E-state index in [1.165, 1.54) is 5.56 Å². The molecule has 0 radical (unpaired) electrons. The van der Waals surface area contributed by atoms with Crippen molar-refractivity contribution < 1.29 is 9.47 Å². The standard InChI is InChI=1S/C20H20N4O2S/c1-3-25-17-9-13-8-12(2)26-18(13)10-14(17)11-27-20-23-22-19-21-15-6-4-5-7-16(15)24(19)20/h4-7,9-10,12H,3,8,11H2,1-2H3,(H,21,22)/t12-/m0/s1. The number of ether oxygens (including phenoxy) is 2. The van der Waals surface area contributed by atoms with Crippen LogP contribution >= 0.6 is 11.8 Å². The maximum atomic E-state index is 5.93. The molecule has 27 heavy (non-hydrogen) atoms. The quantitative estimate of drug-likeness (QED) is 0.525. The van der Waals surface area contributed by atoms with E-state index in [4.69, 9.17) is 9.47 Å². The van der Waals surface area contributed by atoms with Crippen molar-refractivity contribution in [3.63, 3.8) is 0 Å². The number of benzene rings is 2. The van der Waals surface area contributed by atoms with Crippen molar-refractivity contribution in [3.8, 4) is 11.5 Å². The van der Waals surface area contributed by atoms with Crippen molar-refractivity contribution in [1.82, 2.24) is 19.6 Å². The molecule has 0 saturated carbocycles. The number of para-hydroxylation sites is 2. The van der Waals surface area contributed by atoms with E-state index in [2.05, 4.69) is 44.7 Å². The predicted octanol–water partition coefficient (Wildman–Crippen LogP) is 4.23. The number of imidazole rings is 1. The fourth-order valence-electron chi connectivity index (χ4n) is 3.57. The summed E-state index contributed by atoms with van der Waals surface area (Å²) in [6, 6.07) is 12.3. The van der Waals surface area contributed by atoms with Crippen LogP contribution in [0.4, 0.5) is 0 Å². The van der Waals surface area contributed by atoms with E-state index in [1.807, 2.05) is 25.1 Å². The third-order valence-electron chi connectivity index (χ3n) is 4.74. The van der Waals surface area contributed by atoms with Crippen LogP contribution in [0.15, 0.2) is 41.6 Å². The van der Waals surface area contributed by atoms with Gasteiger partial charge in [-0.1, -0.05) is 23.9 Å². The zero-order valence-electron chi connectivity index (χ0n) is 15.2. The average Bonchev–Trinajstić information content (AvgIpc) is 3.32. The predicted molar refractivity (Wildman–Crippen MR) is 106 cm³/mol.